The van der Waals surface area contributed by atoms with E-state index in [1.807, 2.05) is 0 Å². The molecule has 0 aliphatic carbocycles. The Bertz CT molecular complexity index is 1890. The van der Waals surface area contributed by atoms with Crippen molar-refractivity contribution in [3.05, 3.63) is 170 Å². The Labute approximate surface area is 511 Å². The van der Waals surface area contributed by atoms with Gasteiger partial charge in [-0.25, -0.2) is 0 Å². The van der Waals surface area contributed by atoms with Gasteiger partial charge in [-0.05, 0) is 135 Å². The highest BCUT2D eigenvalue weighted by molar-refractivity contribution is 5.71. The fraction of sp³-hybridized carbons (Fsp3) is 0.597. The Balaban J connectivity index is 4.15. The number of rotatable bonds is 59. The lowest BCUT2D eigenvalue weighted by atomic mass is 10.0. The zero-order valence-electron chi connectivity index (χ0n) is 53.4. The molecule has 0 N–H and O–H groups in total. The molecule has 0 bridgehead atoms. The van der Waals surface area contributed by atoms with Crippen LogP contribution in [0.1, 0.15) is 278 Å². The van der Waals surface area contributed by atoms with Gasteiger partial charge in [0.2, 0.25) is 0 Å². The van der Waals surface area contributed by atoms with E-state index in [9.17, 15) is 14.4 Å². The van der Waals surface area contributed by atoms with Crippen LogP contribution in [0.25, 0.3) is 0 Å². The molecule has 466 valence electrons. The summed E-state index contributed by atoms with van der Waals surface area (Å²) in [6.07, 6.45) is 103. The van der Waals surface area contributed by atoms with E-state index in [1.54, 1.807) is 0 Å². The third-order valence-corrected chi connectivity index (χ3v) is 13.7. The van der Waals surface area contributed by atoms with Gasteiger partial charge in [-0.1, -0.05) is 294 Å². The van der Waals surface area contributed by atoms with Crippen LogP contribution in [0.4, 0.5) is 0 Å². The second-order valence-electron chi connectivity index (χ2n) is 21.6. The fourth-order valence-electron chi connectivity index (χ4n) is 8.76. The summed E-state index contributed by atoms with van der Waals surface area (Å²) in [5, 5.41) is 0. The molecule has 0 fully saturated rings. The first-order valence-electron chi connectivity index (χ1n) is 33.6. The molecule has 6 nitrogen and oxygen atoms in total. The average molecular weight is 1140 g/mol. The van der Waals surface area contributed by atoms with Crippen LogP contribution in [0.5, 0.6) is 0 Å². The van der Waals surface area contributed by atoms with E-state index in [2.05, 4.69) is 191 Å². The molecular formula is C77H122O6. The second-order valence-corrected chi connectivity index (χ2v) is 21.6. The van der Waals surface area contributed by atoms with E-state index in [-0.39, 0.29) is 31.1 Å². The lowest BCUT2D eigenvalue weighted by Crippen LogP contribution is -2.30. The summed E-state index contributed by atoms with van der Waals surface area (Å²) < 4.78 is 16.7. The molecule has 0 rings (SSSR count). The second kappa shape index (κ2) is 69.3. The van der Waals surface area contributed by atoms with Crippen molar-refractivity contribution in [2.45, 2.75) is 284 Å². The maximum absolute atomic E-state index is 12.8. The van der Waals surface area contributed by atoms with E-state index in [0.717, 1.165) is 154 Å². The largest absolute Gasteiger partial charge is 0.462 e. The van der Waals surface area contributed by atoms with Crippen molar-refractivity contribution in [3.63, 3.8) is 0 Å². The third-order valence-electron chi connectivity index (χ3n) is 13.7. The molecule has 1 unspecified atom stereocenters. The van der Waals surface area contributed by atoms with Crippen LogP contribution in [0.3, 0.4) is 0 Å². The Morgan fingerprint density at radius 3 is 0.759 bits per heavy atom. The highest BCUT2D eigenvalue weighted by Crippen LogP contribution is 2.15. The minimum absolute atomic E-state index is 0.0980. The number of hydrogen-bond donors (Lipinski definition) is 0. The summed E-state index contributed by atoms with van der Waals surface area (Å²) in [6.45, 7) is 6.29. The summed E-state index contributed by atoms with van der Waals surface area (Å²) in [7, 11) is 0. The topological polar surface area (TPSA) is 78.9 Å². The van der Waals surface area contributed by atoms with Gasteiger partial charge < -0.3 is 14.2 Å². The van der Waals surface area contributed by atoms with Crippen molar-refractivity contribution in [3.8, 4) is 0 Å². The van der Waals surface area contributed by atoms with E-state index >= 15 is 0 Å². The third kappa shape index (κ3) is 67.4. The number of ether oxygens (including phenoxy) is 3. The van der Waals surface area contributed by atoms with Crippen molar-refractivity contribution >= 4 is 17.9 Å². The minimum atomic E-state index is -0.801. The Morgan fingerprint density at radius 1 is 0.253 bits per heavy atom. The summed E-state index contributed by atoms with van der Waals surface area (Å²) in [5.41, 5.74) is 0. The number of hydrogen-bond acceptors (Lipinski definition) is 6. The lowest BCUT2D eigenvalue weighted by Gasteiger charge is -2.18. The van der Waals surface area contributed by atoms with Gasteiger partial charge in [0.25, 0.3) is 0 Å². The molecular weight excluding hydrogens is 1020 g/mol. The molecule has 0 amide bonds. The molecule has 0 aliphatic rings. The number of unbranched alkanes of at least 4 members (excludes halogenated alkanes) is 20. The van der Waals surface area contributed by atoms with Crippen molar-refractivity contribution in [1.82, 2.24) is 0 Å². The predicted octanol–water partition coefficient (Wildman–Crippen LogP) is 23.4. The number of esters is 3. The summed E-state index contributed by atoms with van der Waals surface area (Å²) >= 11 is 0. The molecule has 0 saturated carbocycles. The molecule has 83 heavy (non-hydrogen) atoms. The van der Waals surface area contributed by atoms with Crippen LogP contribution < -0.4 is 0 Å². The first-order chi connectivity index (χ1) is 41.0. The fourth-order valence-corrected chi connectivity index (χ4v) is 8.76. The molecule has 0 spiro atoms. The normalized spacial score (nSPS) is 13.2. The van der Waals surface area contributed by atoms with Gasteiger partial charge in [-0.15, -0.1) is 0 Å². The lowest BCUT2D eigenvalue weighted by molar-refractivity contribution is -0.167. The van der Waals surface area contributed by atoms with Crippen molar-refractivity contribution in [2.24, 2.45) is 0 Å². The molecule has 0 saturated heterocycles. The first-order valence-corrected chi connectivity index (χ1v) is 33.6. The standard InChI is InChI=1S/C77H122O6/c1-4-7-10-13-15-17-19-21-23-25-27-29-31-33-35-36-37-38-39-40-42-43-45-47-49-51-53-55-57-59-61-64-67-70-76(79)82-73-74(72-81-75(78)69-66-63-12-9-6-3)83-77(80)71-68-65-62-60-58-56-54-52-50-48-46-44-41-34-32-30-28-26-24-22-20-18-16-14-11-8-5-2/h7-8,10-11,15-18,21-24,27-30,33,35,37-38,40,42,45,47,51,53,57,59,74H,4-6,9,12-14,19-20,25-26,31-32,34,36,39,41,43-44,46,48-50,52,54-56,58,60-73H2,1-3H3/b10-7-,11-8-,17-15-,18-16-,23-21-,24-22-,29-27-,30-28-,35-33-,38-37-,42-40-,47-45-,53-51-,59-57-. The molecule has 0 aliphatic heterocycles. The number of carbonyl (C=O) groups is 3. The smallest absolute Gasteiger partial charge is 0.306 e. The van der Waals surface area contributed by atoms with Gasteiger partial charge in [0.1, 0.15) is 13.2 Å². The van der Waals surface area contributed by atoms with Crippen molar-refractivity contribution < 1.29 is 28.6 Å². The molecule has 0 aromatic heterocycles. The van der Waals surface area contributed by atoms with Crippen molar-refractivity contribution in [2.75, 3.05) is 13.2 Å². The Kier molecular flexibility index (Phi) is 64.9. The van der Waals surface area contributed by atoms with Gasteiger partial charge in [0.15, 0.2) is 6.10 Å². The highest BCUT2D eigenvalue weighted by atomic mass is 16.6. The maximum Gasteiger partial charge on any atom is 0.306 e. The first kappa shape index (κ1) is 77.8. The van der Waals surface area contributed by atoms with E-state index in [1.165, 1.54) is 77.0 Å². The van der Waals surface area contributed by atoms with Crippen LogP contribution >= 0.6 is 0 Å². The van der Waals surface area contributed by atoms with Crippen molar-refractivity contribution in [1.29, 1.82) is 0 Å². The highest BCUT2D eigenvalue weighted by Gasteiger charge is 2.19. The summed E-state index contributed by atoms with van der Waals surface area (Å²) in [6, 6.07) is 0. The van der Waals surface area contributed by atoms with E-state index < -0.39 is 6.10 Å². The SMILES string of the molecule is CC/C=C\C/C=C\C/C=C\C/C=C\C/C=C\C/C=C\C/C=C\C/C=C\C/C=C\C/C=C\CCCCC(=O)OCC(COC(=O)CCCCCCC)OC(=O)CCCCCCCCCCCCCCCC/C=C\C/C=C\C/C=C\C/C=C\CC. The Hall–Kier alpha value is -5.23. The van der Waals surface area contributed by atoms with Crippen LogP contribution in [-0.2, 0) is 28.6 Å². The van der Waals surface area contributed by atoms with Gasteiger partial charge in [0, 0.05) is 19.3 Å². The van der Waals surface area contributed by atoms with E-state index in [0.29, 0.717) is 25.7 Å². The minimum Gasteiger partial charge on any atom is -0.462 e. The number of allylic oxidation sites excluding steroid dienone is 28. The predicted molar refractivity (Wildman–Crippen MR) is 361 cm³/mol. The molecule has 0 aromatic carbocycles. The molecule has 0 aromatic rings. The zero-order valence-corrected chi connectivity index (χ0v) is 53.4. The van der Waals surface area contributed by atoms with E-state index in [4.69, 9.17) is 14.2 Å². The van der Waals surface area contributed by atoms with Crippen LogP contribution in [-0.4, -0.2) is 37.2 Å². The zero-order chi connectivity index (χ0) is 59.9. The molecule has 1 atom stereocenters. The monoisotopic (exact) mass is 1140 g/mol. The van der Waals surface area contributed by atoms with Gasteiger partial charge >= 0.3 is 17.9 Å². The molecule has 6 heteroatoms. The van der Waals surface area contributed by atoms with Crippen LogP contribution in [0, 0.1) is 0 Å². The number of carbonyl (C=O) groups excluding carboxylic acids is 3. The van der Waals surface area contributed by atoms with Gasteiger partial charge in [0.05, 0.1) is 0 Å². The summed E-state index contributed by atoms with van der Waals surface area (Å²) in [5.74, 6) is -0.961. The Morgan fingerprint density at radius 2 is 0.470 bits per heavy atom. The maximum atomic E-state index is 12.8. The van der Waals surface area contributed by atoms with Gasteiger partial charge in [-0.2, -0.15) is 0 Å². The van der Waals surface area contributed by atoms with Crippen LogP contribution in [0.15, 0.2) is 170 Å². The van der Waals surface area contributed by atoms with Gasteiger partial charge in [-0.3, -0.25) is 14.4 Å². The average Bonchev–Trinajstić information content (AvgIpc) is 3.49. The quantitative estimate of drug-likeness (QED) is 0.0261. The molecule has 0 heterocycles. The molecule has 0 radical (unpaired) electrons. The summed E-state index contributed by atoms with van der Waals surface area (Å²) in [4.78, 5) is 38.0. The van der Waals surface area contributed by atoms with Crippen LogP contribution in [0.2, 0.25) is 0 Å².